The molecule has 1 unspecified atom stereocenters. The Balaban J connectivity index is 0.604. The lowest BCUT2D eigenvalue weighted by molar-refractivity contribution is -0.186. The molecule has 5 aliphatic carbocycles. The van der Waals surface area contributed by atoms with E-state index in [4.69, 9.17) is 28.4 Å². The second kappa shape index (κ2) is 29.2. The van der Waals surface area contributed by atoms with Gasteiger partial charge in [0.2, 0.25) is 23.6 Å². The molecular weight excluding hydrogens is 1110 g/mol. The lowest BCUT2D eigenvalue weighted by Gasteiger charge is -2.60. The molecule has 4 amide bonds. The molecule has 18 heteroatoms. The largest absolute Gasteiger partial charge is 0.393 e. The number of anilines is 1. The number of carbonyl (C=O) groups excluding carboxylic acids is 6. The number of allylic oxidation sites excluding steroid dienone is 4. The minimum atomic E-state index is -1.06. The average molecular weight is 1200 g/mol. The molecule has 18 nitrogen and oxygen atoms in total. The number of carbonyl (C=O) groups is 6. The molecule has 9 rings (SSSR count). The number of hydrogen-bond donors (Lipinski definition) is 6. The first-order valence-electron chi connectivity index (χ1n) is 31.0. The summed E-state index contributed by atoms with van der Waals surface area (Å²) in [5, 5.41) is 33.9. The number of benzene rings is 3. The summed E-state index contributed by atoms with van der Waals surface area (Å²) >= 11 is 0. The van der Waals surface area contributed by atoms with E-state index >= 15 is 0 Å². The molecule has 87 heavy (non-hydrogen) atoms. The molecule has 1 heterocycles. The van der Waals surface area contributed by atoms with E-state index in [0.29, 0.717) is 75.7 Å². The van der Waals surface area contributed by atoms with Crippen molar-refractivity contribution in [2.24, 2.45) is 34.5 Å². The maximum absolute atomic E-state index is 13.4. The van der Waals surface area contributed by atoms with Crippen molar-refractivity contribution in [2.45, 2.75) is 135 Å². The Hall–Kier alpha value is -6.48. The maximum Gasteiger partial charge on any atom is 0.246 e. The summed E-state index contributed by atoms with van der Waals surface area (Å²) in [5.41, 5.74) is 5.30. The zero-order valence-corrected chi connectivity index (χ0v) is 51.0. The number of nitrogens with one attached hydrogen (secondary N) is 4. The monoisotopic (exact) mass is 1200 g/mol. The highest BCUT2D eigenvalue weighted by Gasteiger charge is 2.74. The SMILES string of the molecule is C=C(CO)[C@]12O[C@@H](c3ccc(NC(=O)[C@H](C)NC(=O)[C@@H](NC(=O)CCOCCOCCOCCOCCNC(=O)CCC(=O)CC4Cc5ccccc5/C=C\c5ccccc54)C(C)C)cc3)O[C@H]1C[C@@H]1[C@H]3CCC4=CC(=O)C=C[C@@]4(C)[C@@H]3[C@H](O)C[C@]12C. The molecule has 0 spiro atoms. The van der Waals surface area contributed by atoms with E-state index in [1.165, 1.54) is 5.56 Å². The molecule has 3 saturated carbocycles. The summed E-state index contributed by atoms with van der Waals surface area (Å²) in [6.07, 6.45) is 11.8. The van der Waals surface area contributed by atoms with Crippen LogP contribution in [0.5, 0.6) is 0 Å². The van der Waals surface area contributed by atoms with Crippen LogP contribution in [-0.2, 0) is 63.6 Å². The van der Waals surface area contributed by atoms with Crippen molar-refractivity contribution in [2.75, 3.05) is 71.3 Å². The fourth-order valence-corrected chi connectivity index (χ4v) is 14.7. The highest BCUT2D eigenvalue weighted by molar-refractivity contribution is 6.01. The lowest BCUT2D eigenvalue weighted by Crippen LogP contribution is -2.61. The first-order chi connectivity index (χ1) is 41.8. The minimum Gasteiger partial charge on any atom is -0.393 e. The number of aliphatic hydroxyl groups is 2. The van der Waals surface area contributed by atoms with Crippen LogP contribution in [0.1, 0.15) is 126 Å². The summed E-state index contributed by atoms with van der Waals surface area (Å²) in [4.78, 5) is 77.7. The Morgan fingerprint density at radius 3 is 2.15 bits per heavy atom. The van der Waals surface area contributed by atoms with Crippen LogP contribution in [0, 0.1) is 34.5 Å². The van der Waals surface area contributed by atoms with Crippen molar-refractivity contribution < 1.29 is 67.4 Å². The standard InChI is InChI=1S/C69H88N4O14/c1-43(2)63(73-61(79)26-29-82-31-33-84-35-36-85-34-32-83-30-28-70-60(78)24-22-53(75)38-50-37-49-13-8-7-11-46(49)15-16-47-12-9-10-14-55(47)50)65(81)71-45(4)64(80)72-52-20-17-48(18-21-52)66-86-59-40-57-56-23-19-51-39-54(76)25-27-67(51,5)62(56)58(77)41-68(57,6)69(59,87-66)44(3)42-74/h7-18,20-21,25,27,39,43,45,50,56-59,62-63,66,74,77H,3,19,22-24,26,28-38,40-42H2,1-2,4-6H3,(H,70,78)(H,71,81)(H,72,80)(H,73,79)/b16-15-/t45-,50?,56+,57+,58+,59-,62-,63-,66-,67+,68+,69-/m0/s1. The van der Waals surface area contributed by atoms with Gasteiger partial charge >= 0.3 is 0 Å². The third kappa shape index (κ3) is 14.8. The Morgan fingerprint density at radius 1 is 0.770 bits per heavy atom. The van der Waals surface area contributed by atoms with Gasteiger partial charge in [-0.3, -0.25) is 28.8 Å². The number of rotatable bonds is 29. The molecule has 0 aromatic heterocycles. The van der Waals surface area contributed by atoms with Gasteiger partial charge in [0, 0.05) is 60.2 Å². The van der Waals surface area contributed by atoms with Crippen LogP contribution in [0.25, 0.3) is 12.2 Å². The van der Waals surface area contributed by atoms with E-state index in [-0.39, 0.29) is 98.7 Å². The van der Waals surface area contributed by atoms with E-state index < -0.39 is 58.8 Å². The third-order valence-electron chi connectivity index (χ3n) is 19.1. The van der Waals surface area contributed by atoms with Gasteiger partial charge in [-0.05, 0) is 115 Å². The zero-order chi connectivity index (χ0) is 61.9. The molecule has 0 bridgehead atoms. The third-order valence-corrected chi connectivity index (χ3v) is 19.1. The number of ketones is 2. The molecule has 468 valence electrons. The van der Waals surface area contributed by atoms with Crippen molar-refractivity contribution in [1.82, 2.24) is 16.0 Å². The molecule has 6 N–H and O–H groups in total. The Labute approximate surface area is 511 Å². The molecule has 0 radical (unpaired) electrons. The van der Waals surface area contributed by atoms with Gasteiger partial charge in [0.05, 0.1) is 71.7 Å². The first-order valence-corrected chi connectivity index (χ1v) is 31.0. The van der Waals surface area contributed by atoms with Crippen LogP contribution in [0.4, 0.5) is 5.69 Å². The van der Waals surface area contributed by atoms with Gasteiger partial charge in [-0.2, -0.15) is 0 Å². The van der Waals surface area contributed by atoms with Crippen LogP contribution < -0.4 is 21.3 Å². The van der Waals surface area contributed by atoms with Crippen LogP contribution in [0.2, 0.25) is 0 Å². The van der Waals surface area contributed by atoms with E-state index in [1.54, 1.807) is 57.2 Å². The minimum absolute atomic E-state index is 0.0125. The molecular formula is C69H88N4O14. The van der Waals surface area contributed by atoms with Crippen molar-refractivity contribution in [3.05, 3.63) is 137 Å². The Morgan fingerprint density at radius 2 is 1.44 bits per heavy atom. The van der Waals surface area contributed by atoms with Gasteiger partial charge in [-0.25, -0.2) is 0 Å². The van der Waals surface area contributed by atoms with Gasteiger partial charge in [0.25, 0.3) is 0 Å². The second-order valence-electron chi connectivity index (χ2n) is 25.0. The average Bonchev–Trinajstić information content (AvgIpc) is 1.56. The zero-order valence-electron chi connectivity index (χ0n) is 51.0. The predicted molar refractivity (Wildman–Crippen MR) is 329 cm³/mol. The molecule has 1 aliphatic heterocycles. The lowest BCUT2D eigenvalue weighted by atomic mass is 9.46. The predicted octanol–water partition coefficient (Wildman–Crippen LogP) is 7.68. The molecule has 3 aromatic carbocycles. The molecule has 12 atom stereocenters. The van der Waals surface area contributed by atoms with E-state index in [2.05, 4.69) is 78.1 Å². The van der Waals surface area contributed by atoms with Gasteiger partial charge in [0.1, 0.15) is 23.5 Å². The number of Topliss-reactive ketones (excluding diaryl/α,β-unsaturated/α-hetero) is 1. The van der Waals surface area contributed by atoms with Crippen molar-refractivity contribution in [1.29, 1.82) is 0 Å². The fraction of sp³-hybridized carbons (Fsp3) is 0.536. The fourth-order valence-electron chi connectivity index (χ4n) is 14.7. The van der Waals surface area contributed by atoms with E-state index in [1.807, 2.05) is 30.3 Å². The van der Waals surface area contributed by atoms with Crippen molar-refractivity contribution in [3.8, 4) is 0 Å². The van der Waals surface area contributed by atoms with Crippen molar-refractivity contribution >= 4 is 53.0 Å². The van der Waals surface area contributed by atoms with Crippen LogP contribution in [0.15, 0.2) is 109 Å². The topological polar surface area (TPSA) is 246 Å². The quantitative estimate of drug-likeness (QED) is 0.0288. The normalized spacial score (nSPS) is 27.7. The van der Waals surface area contributed by atoms with Gasteiger partial charge in [-0.1, -0.05) is 119 Å². The van der Waals surface area contributed by atoms with Crippen LogP contribution >= 0.6 is 0 Å². The number of amides is 4. The number of aliphatic hydroxyl groups excluding tert-OH is 2. The Bertz CT molecular complexity index is 3070. The summed E-state index contributed by atoms with van der Waals surface area (Å²) < 4.78 is 36.0. The smallest absolute Gasteiger partial charge is 0.246 e. The van der Waals surface area contributed by atoms with Crippen LogP contribution in [0.3, 0.4) is 0 Å². The molecule has 6 aliphatic rings. The van der Waals surface area contributed by atoms with Gasteiger partial charge in [0.15, 0.2) is 12.1 Å². The number of hydrogen-bond acceptors (Lipinski definition) is 14. The van der Waals surface area contributed by atoms with Gasteiger partial charge < -0.3 is 59.9 Å². The highest BCUT2D eigenvalue weighted by Crippen LogP contribution is 2.71. The van der Waals surface area contributed by atoms with Gasteiger partial charge in [-0.15, -0.1) is 0 Å². The van der Waals surface area contributed by atoms with Crippen molar-refractivity contribution in [3.63, 3.8) is 0 Å². The second-order valence-corrected chi connectivity index (χ2v) is 25.0. The summed E-state index contributed by atoms with van der Waals surface area (Å²) in [5.74, 6) is -1.56. The van der Waals surface area contributed by atoms with E-state index in [9.17, 15) is 39.0 Å². The number of ether oxygens (including phenoxy) is 6. The molecule has 1 saturated heterocycles. The Kier molecular flexibility index (Phi) is 21.8. The number of fused-ring (bicyclic) bond motifs is 9. The summed E-state index contributed by atoms with van der Waals surface area (Å²) in [6, 6.07) is 21.7. The maximum atomic E-state index is 13.4. The highest BCUT2D eigenvalue weighted by atomic mass is 16.7. The van der Waals surface area contributed by atoms with E-state index in [0.717, 1.165) is 41.5 Å². The molecule has 4 fully saturated rings. The summed E-state index contributed by atoms with van der Waals surface area (Å²) in [7, 11) is 0. The first kappa shape index (κ1) is 65.0. The van der Waals surface area contributed by atoms with Crippen LogP contribution in [-0.4, -0.2) is 141 Å². The molecule has 3 aromatic rings. The summed E-state index contributed by atoms with van der Waals surface area (Å²) in [6.45, 7) is 16.1.